The molecule has 0 aliphatic carbocycles. The monoisotopic (exact) mass is 239 g/mol. The highest BCUT2D eigenvalue weighted by Crippen LogP contribution is 2.06. The highest BCUT2D eigenvalue weighted by Gasteiger charge is 2.17. The van der Waals surface area contributed by atoms with Crippen LogP contribution < -0.4 is 5.32 Å². The lowest BCUT2D eigenvalue weighted by molar-refractivity contribution is 0.129. The van der Waals surface area contributed by atoms with Crippen LogP contribution in [-0.4, -0.2) is 62.2 Å². The third-order valence-corrected chi connectivity index (χ3v) is 3.16. The van der Waals surface area contributed by atoms with Crippen molar-refractivity contribution in [2.45, 2.75) is 20.8 Å². The number of hydrogen-bond acceptors (Lipinski definition) is 3. The highest BCUT2D eigenvalue weighted by molar-refractivity contribution is 5.00. The van der Waals surface area contributed by atoms with E-state index in [9.17, 15) is 0 Å². The molecule has 1 heterocycles. The molecule has 1 aliphatic heterocycles. The maximum atomic E-state index is 4.14. The second-order valence-corrected chi connectivity index (χ2v) is 5.50. The minimum Gasteiger partial charge on any atom is -0.313 e. The number of piperazine rings is 1. The van der Waals surface area contributed by atoms with Gasteiger partial charge in [-0.25, -0.2) is 0 Å². The first-order chi connectivity index (χ1) is 8.11. The van der Waals surface area contributed by atoms with Gasteiger partial charge in [0.25, 0.3) is 0 Å². The van der Waals surface area contributed by atoms with Crippen LogP contribution in [0.3, 0.4) is 0 Å². The Morgan fingerprint density at radius 1 is 1.18 bits per heavy atom. The Morgan fingerprint density at radius 2 is 1.76 bits per heavy atom. The fourth-order valence-corrected chi connectivity index (χ4v) is 2.32. The van der Waals surface area contributed by atoms with Crippen molar-refractivity contribution in [2.24, 2.45) is 5.92 Å². The normalized spacial score (nSPS) is 18.8. The molecule has 1 rings (SSSR count). The molecule has 17 heavy (non-hydrogen) atoms. The Labute approximate surface area is 107 Å². The topological polar surface area (TPSA) is 18.5 Å². The van der Waals surface area contributed by atoms with E-state index >= 15 is 0 Å². The van der Waals surface area contributed by atoms with Gasteiger partial charge in [0.1, 0.15) is 0 Å². The van der Waals surface area contributed by atoms with Crippen LogP contribution in [0.1, 0.15) is 20.8 Å². The van der Waals surface area contributed by atoms with Crippen molar-refractivity contribution in [1.82, 2.24) is 15.1 Å². The van der Waals surface area contributed by atoms with Crippen LogP contribution in [0.15, 0.2) is 12.2 Å². The predicted octanol–water partition coefficient (Wildman–Crippen LogP) is 1.43. The predicted molar refractivity (Wildman–Crippen MR) is 75.4 cm³/mol. The van der Waals surface area contributed by atoms with Gasteiger partial charge in [-0.2, -0.15) is 0 Å². The lowest BCUT2D eigenvalue weighted by Gasteiger charge is -2.35. The van der Waals surface area contributed by atoms with Crippen molar-refractivity contribution < 1.29 is 0 Å². The molecular formula is C14H29N3. The maximum Gasteiger partial charge on any atom is 0.0203 e. The Morgan fingerprint density at radius 3 is 2.29 bits per heavy atom. The summed E-state index contributed by atoms with van der Waals surface area (Å²) < 4.78 is 0. The third kappa shape index (κ3) is 6.20. The number of nitrogens with one attached hydrogen (secondary N) is 1. The molecule has 0 bridgehead atoms. The molecule has 3 heteroatoms. The summed E-state index contributed by atoms with van der Waals surface area (Å²) in [6.45, 7) is 20.0. The van der Waals surface area contributed by atoms with Crippen molar-refractivity contribution in [3.8, 4) is 0 Å². The van der Waals surface area contributed by atoms with Crippen molar-refractivity contribution in [3.05, 3.63) is 12.2 Å². The molecule has 0 aromatic heterocycles. The fourth-order valence-electron chi connectivity index (χ4n) is 2.32. The van der Waals surface area contributed by atoms with E-state index in [2.05, 4.69) is 42.5 Å². The van der Waals surface area contributed by atoms with E-state index < -0.39 is 0 Å². The minimum atomic E-state index is 0.783. The maximum absolute atomic E-state index is 4.14. The van der Waals surface area contributed by atoms with Crippen LogP contribution >= 0.6 is 0 Å². The van der Waals surface area contributed by atoms with E-state index in [4.69, 9.17) is 0 Å². The van der Waals surface area contributed by atoms with E-state index in [1.807, 2.05) is 0 Å². The van der Waals surface area contributed by atoms with E-state index in [0.717, 1.165) is 25.6 Å². The van der Waals surface area contributed by atoms with Gasteiger partial charge in [0, 0.05) is 45.8 Å². The minimum absolute atomic E-state index is 0.783. The van der Waals surface area contributed by atoms with Gasteiger partial charge < -0.3 is 10.2 Å². The zero-order chi connectivity index (χ0) is 12.7. The average molecular weight is 239 g/mol. The van der Waals surface area contributed by atoms with Gasteiger partial charge in [0.15, 0.2) is 0 Å². The molecule has 0 aromatic carbocycles. The SMILES string of the molecule is C=C(CNCC)CN1CCN(CC(C)C)CC1. The van der Waals surface area contributed by atoms with Crippen LogP contribution in [0.2, 0.25) is 0 Å². The summed E-state index contributed by atoms with van der Waals surface area (Å²) in [5, 5.41) is 3.34. The van der Waals surface area contributed by atoms with Gasteiger partial charge in [-0.1, -0.05) is 27.4 Å². The molecule has 1 fully saturated rings. The van der Waals surface area contributed by atoms with Crippen LogP contribution in [0, 0.1) is 5.92 Å². The summed E-state index contributed by atoms with van der Waals surface area (Å²) in [5.41, 5.74) is 1.31. The smallest absolute Gasteiger partial charge is 0.0203 e. The Hall–Kier alpha value is -0.380. The molecule has 0 atom stereocenters. The molecule has 1 aliphatic rings. The van der Waals surface area contributed by atoms with E-state index in [1.165, 1.54) is 38.3 Å². The molecule has 0 spiro atoms. The first-order valence-corrected chi connectivity index (χ1v) is 6.94. The van der Waals surface area contributed by atoms with Gasteiger partial charge in [-0.3, -0.25) is 4.90 Å². The lowest BCUT2D eigenvalue weighted by atomic mass is 10.2. The standard InChI is InChI=1S/C14H29N3/c1-5-15-10-14(4)12-17-8-6-16(7-9-17)11-13(2)3/h13,15H,4-12H2,1-3H3. The van der Waals surface area contributed by atoms with Crippen molar-refractivity contribution >= 4 is 0 Å². The molecule has 0 unspecified atom stereocenters. The van der Waals surface area contributed by atoms with E-state index in [1.54, 1.807) is 0 Å². The summed E-state index contributed by atoms with van der Waals surface area (Å²) in [7, 11) is 0. The van der Waals surface area contributed by atoms with Crippen molar-refractivity contribution in [3.63, 3.8) is 0 Å². The Kier molecular flexibility index (Phi) is 6.78. The van der Waals surface area contributed by atoms with E-state index in [-0.39, 0.29) is 0 Å². The zero-order valence-corrected chi connectivity index (χ0v) is 11.8. The molecule has 3 nitrogen and oxygen atoms in total. The second-order valence-electron chi connectivity index (χ2n) is 5.50. The van der Waals surface area contributed by atoms with Gasteiger partial charge in [0.2, 0.25) is 0 Å². The van der Waals surface area contributed by atoms with E-state index in [0.29, 0.717) is 0 Å². The van der Waals surface area contributed by atoms with Gasteiger partial charge in [0.05, 0.1) is 0 Å². The molecule has 100 valence electrons. The highest BCUT2D eigenvalue weighted by atomic mass is 15.3. The second kappa shape index (κ2) is 7.85. The first kappa shape index (κ1) is 14.7. The first-order valence-electron chi connectivity index (χ1n) is 6.94. The summed E-state index contributed by atoms with van der Waals surface area (Å²) in [4.78, 5) is 5.10. The van der Waals surface area contributed by atoms with Crippen LogP contribution in [0.4, 0.5) is 0 Å². The number of hydrogen-bond donors (Lipinski definition) is 1. The fraction of sp³-hybridized carbons (Fsp3) is 0.857. The third-order valence-electron chi connectivity index (χ3n) is 3.16. The van der Waals surface area contributed by atoms with Gasteiger partial charge in [-0.15, -0.1) is 0 Å². The molecule has 0 amide bonds. The zero-order valence-electron chi connectivity index (χ0n) is 11.8. The van der Waals surface area contributed by atoms with Crippen LogP contribution in [0.25, 0.3) is 0 Å². The average Bonchev–Trinajstić information content (AvgIpc) is 2.28. The van der Waals surface area contributed by atoms with Crippen molar-refractivity contribution in [2.75, 3.05) is 52.4 Å². The van der Waals surface area contributed by atoms with Crippen LogP contribution in [0.5, 0.6) is 0 Å². The molecule has 0 saturated carbocycles. The largest absolute Gasteiger partial charge is 0.313 e. The summed E-state index contributed by atoms with van der Waals surface area (Å²) in [6.07, 6.45) is 0. The Bertz CT molecular complexity index is 218. The summed E-state index contributed by atoms with van der Waals surface area (Å²) in [6, 6.07) is 0. The number of likely N-dealkylation sites (N-methyl/N-ethyl adjacent to an activating group) is 1. The summed E-state index contributed by atoms with van der Waals surface area (Å²) >= 11 is 0. The Balaban J connectivity index is 2.16. The number of rotatable bonds is 7. The summed E-state index contributed by atoms with van der Waals surface area (Å²) in [5.74, 6) is 0.783. The van der Waals surface area contributed by atoms with Crippen LogP contribution in [-0.2, 0) is 0 Å². The van der Waals surface area contributed by atoms with Gasteiger partial charge >= 0.3 is 0 Å². The molecular weight excluding hydrogens is 210 g/mol. The molecule has 1 saturated heterocycles. The molecule has 0 aromatic rings. The quantitative estimate of drug-likeness (QED) is 0.678. The lowest BCUT2D eigenvalue weighted by Crippen LogP contribution is -2.48. The molecule has 0 radical (unpaired) electrons. The molecule has 1 N–H and O–H groups in total. The number of nitrogens with zero attached hydrogens (tertiary/aromatic N) is 2. The van der Waals surface area contributed by atoms with Crippen molar-refractivity contribution in [1.29, 1.82) is 0 Å². The van der Waals surface area contributed by atoms with Gasteiger partial charge in [-0.05, 0) is 18.0 Å².